The van der Waals surface area contributed by atoms with Gasteiger partial charge in [0.15, 0.2) is 0 Å². The summed E-state index contributed by atoms with van der Waals surface area (Å²) in [5.74, 6) is 0.212. The second-order valence-corrected chi connectivity index (χ2v) is 9.28. The number of aryl methyl sites for hydroxylation is 1. The van der Waals surface area contributed by atoms with E-state index in [-0.39, 0.29) is 24.8 Å². The molecule has 0 heterocycles. The number of anilines is 1. The molecule has 6 heteroatoms. The van der Waals surface area contributed by atoms with Gasteiger partial charge in [-0.3, -0.25) is 9.59 Å². The number of ether oxygens (including phenoxy) is 1. The number of benzene rings is 4. The minimum absolute atomic E-state index is 0.156. The summed E-state index contributed by atoms with van der Waals surface area (Å²) in [7, 11) is 1.59. The average Bonchev–Trinajstić information content (AvgIpc) is 2.91. The van der Waals surface area contributed by atoms with Gasteiger partial charge in [-0.15, -0.1) is 0 Å². The number of carbonyl (C=O) groups excluding carboxylic acids is 2. The highest BCUT2D eigenvalue weighted by molar-refractivity contribution is 6.30. The highest BCUT2D eigenvalue weighted by Gasteiger charge is 2.32. The molecule has 1 atom stereocenters. The molecule has 1 unspecified atom stereocenters. The lowest BCUT2D eigenvalue weighted by Gasteiger charge is -2.32. The molecule has 0 saturated carbocycles. The zero-order chi connectivity index (χ0) is 26.2. The second kappa shape index (κ2) is 12.2. The van der Waals surface area contributed by atoms with Crippen LogP contribution in [0.4, 0.5) is 5.69 Å². The number of rotatable bonds is 9. The maximum atomic E-state index is 13.8. The first-order chi connectivity index (χ1) is 17.9. The SMILES string of the molecule is COc1ccc(NC(=O)C(c2ccc(Cl)cc2)N(Cc2ccc(C)cc2)C(=O)Cc2ccccc2)cc1. The van der Waals surface area contributed by atoms with Gasteiger partial charge in [0.05, 0.1) is 13.5 Å². The van der Waals surface area contributed by atoms with Gasteiger partial charge in [-0.05, 0) is 60.0 Å². The predicted octanol–water partition coefficient (Wildman–Crippen LogP) is 6.61. The van der Waals surface area contributed by atoms with Gasteiger partial charge >= 0.3 is 0 Å². The van der Waals surface area contributed by atoms with Crippen LogP contribution in [-0.4, -0.2) is 23.8 Å². The number of nitrogens with zero attached hydrogens (tertiary/aromatic N) is 1. The molecule has 5 nitrogen and oxygen atoms in total. The highest BCUT2D eigenvalue weighted by Crippen LogP contribution is 2.28. The monoisotopic (exact) mass is 512 g/mol. The second-order valence-electron chi connectivity index (χ2n) is 8.84. The van der Waals surface area contributed by atoms with Crippen LogP contribution in [0.3, 0.4) is 0 Å². The van der Waals surface area contributed by atoms with Gasteiger partial charge in [0.25, 0.3) is 5.91 Å². The first kappa shape index (κ1) is 26.0. The van der Waals surface area contributed by atoms with Gasteiger partial charge in [-0.1, -0.05) is 83.9 Å². The fourth-order valence-corrected chi connectivity index (χ4v) is 4.21. The quantitative estimate of drug-likeness (QED) is 0.274. The summed E-state index contributed by atoms with van der Waals surface area (Å²) < 4.78 is 5.23. The number of amides is 2. The molecule has 0 bridgehead atoms. The molecule has 0 spiro atoms. The zero-order valence-electron chi connectivity index (χ0n) is 20.9. The van der Waals surface area contributed by atoms with Crippen molar-refractivity contribution in [1.82, 2.24) is 4.90 Å². The van der Waals surface area contributed by atoms with E-state index >= 15 is 0 Å². The lowest BCUT2D eigenvalue weighted by atomic mass is 10.0. The molecule has 0 aliphatic heterocycles. The van der Waals surface area contributed by atoms with Crippen LogP contribution in [0.5, 0.6) is 5.75 Å². The van der Waals surface area contributed by atoms with E-state index < -0.39 is 6.04 Å². The third kappa shape index (κ3) is 6.99. The smallest absolute Gasteiger partial charge is 0.251 e. The molecule has 0 aliphatic rings. The van der Waals surface area contributed by atoms with E-state index in [1.54, 1.807) is 60.5 Å². The Hall–Kier alpha value is -4.09. The van der Waals surface area contributed by atoms with Crippen LogP contribution in [0.15, 0.2) is 103 Å². The number of hydrogen-bond acceptors (Lipinski definition) is 3. The van der Waals surface area contributed by atoms with Crippen LogP contribution < -0.4 is 10.1 Å². The van der Waals surface area contributed by atoms with Crippen molar-refractivity contribution in [2.24, 2.45) is 0 Å². The van der Waals surface area contributed by atoms with E-state index in [9.17, 15) is 9.59 Å². The highest BCUT2D eigenvalue weighted by atomic mass is 35.5. The molecule has 4 aromatic carbocycles. The first-order valence-corrected chi connectivity index (χ1v) is 12.4. The maximum Gasteiger partial charge on any atom is 0.251 e. The van der Waals surface area contributed by atoms with Crippen molar-refractivity contribution in [1.29, 1.82) is 0 Å². The van der Waals surface area contributed by atoms with Crippen molar-refractivity contribution >= 4 is 29.1 Å². The Kier molecular flexibility index (Phi) is 8.60. The van der Waals surface area contributed by atoms with E-state index in [1.807, 2.05) is 61.5 Å². The Bertz CT molecular complexity index is 1320. The summed E-state index contributed by atoms with van der Waals surface area (Å²) in [6.45, 7) is 2.29. The Labute approximate surface area is 222 Å². The van der Waals surface area contributed by atoms with Gasteiger partial charge in [0.1, 0.15) is 11.8 Å². The minimum atomic E-state index is -0.878. The van der Waals surface area contributed by atoms with E-state index in [4.69, 9.17) is 16.3 Å². The predicted molar refractivity (Wildman–Crippen MR) is 148 cm³/mol. The molecule has 4 rings (SSSR count). The fraction of sp³-hybridized carbons (Fsp3) is 0.161. The van der Waals surface area contributed by atoms with Crippen molar-refractivity contribution < 1.29 is 14.3 Å². The Morgan fingerprint density at radius 3 is 2.11 bits per heavy atom. The van der Waals surface area contributed by atoms with E-state index in [0.717, 1.165) is 16.7 Å². The molecule has 0 aromatic heterocycles. The molecule has 188 valence electrons. The van der Waals surface area contributed by atoms with Gasteiger partial charge < -0.3 is 15.0 Å². The van der Waals surface area contributed by atoms with Gasteiger partial charge in [-0.25, -0.2) is 0 Å². The zero-order valence-corrected chi connectivity index (χ0v) is 21.6. The van der Waals surface area contributed by atoms with Gasteiger partial charge in [0, 0.05) is 17.3 Å². The third-order valence-electron chi connectivity index (χ3n) is 6.10. The van der Waals surface area contributed by atoms with Crippen LogP contribution in [0.25, 0.3) is 0 Å². The Balaban J connectivity index is 1.72. The van der Waals surface area contributed by atoms with Crippen LogP contribution >= 0.6 is 11.6 Å². The average molecular weight is 513 g/mol. The molecule has 0 fully saturated rings. The van der Waals surface area contributed by atoms with Crippen LogP contribution in [0, 0.1) is 6.92 Å². The topological polar surface area (TPSA) is 58.6 Å². The summed E-state index contributed by atoms with van der Waals surface area (Å²) >= 11 is 6.16. The minimum Gasteiger partial charge on any atom is -0.497 e. The number of methoxy groups -OCH3 is 1. The Morgan fingerprint density at radius 2 is 1.49 bits per heavy atom. The number of carbonyl (C=O) groups is 2. The third-order valence-corrected chi connectivity index (χ3v) is 6.35. The van der Waals surface area contributed by atoms with Crippen molar-refractivity contribution in [2.45, 2.75) is 25.9 Å². The standard InChI is InChI=1S/C31H29ClN2O3/c1-22-8-10-24(11-9-22)21-34(29(35)20-23-6-4-3-5-7-23)30(25-12-14-26(32)15-13-25)31(36)33-27-16-18-28(37-2)19-17-27/h3-19,30H,20-21H2,1-2H3,(H,33,36). The van der Waals surface area contributed by atoms with Crippen LogP contribution in [0.1, 0.15) is 28.3 Å². The summed E-state index contributed by atoms with van der Waals surface area (Å²) in [4.78, 5) is 29.3. The number of halogens is 1. The largest absolute Gasteiger partial charge is 0.497 e. The molecule has 2 amide bonds. The number of nitrogens with one attached hydrogen (secondary N) is 1. The normalized spacial score (nSPS) is 11.4. The van der Waals surface area contributed by atoms with Crippen molar-refractivity contribution in [2.75, 3.05) is 12.4 Å². The van der Waals surface area contributed by atoms with Crippen molar-refractivity contribution in [3.63, 3.8) is 0 Å². The summed E-state index contributed by atoms with van der Waals surface area (Å²) in [6, 6.07) is 30.8. The molecule has 0 radical (unpaired) electrons. The van der Waals surface area contributed by atoms with Crippen molar-refractivity contribution in [3.05, 3.63) is 130 Å². The van der Waals surface area contributed by atoms with Crippen LogP contribution in [0.2, 0.25) is 5.02 Å². The van der Waals surface area contributed by atoms with Crippen LogP contribution in [-0.2, 0) is 22.6 Å². The van der Waals surface area contributed by atoms with E-state index in [0.29, 0.717) is 22.0 Å². The van der Waals surface area contributed by atoms with Gasteiger partial charge in [-0.2, -0.15) is 0 Å². The lowest BCUT2D eigenvalue weighted by molar-refractivity contribution is -0.139. The maximum absolute atomic E-state index is 13.8. The first-order valence-electron chi connectivity index (χ1n) is 12.0. The fourth-order valence-electron chi connectivity index (χ4n) is 4.09. The summed E-state index contributed by atoms with van der Waals surface area (Å²) in [5.41, 5.74) is 4.21. The molecule has 4 aromatic rings. The molecule has 0 saturated heterocycles. The van der Waals surface area contributed by atoms with Crippen molar-refractivity contribution in [3.8, 4) is 5.75 Å². The van der Waals surface area contributed by atoms with E-state index in [2.05, 4.69) is 5.32 Å². The molecular formula is C31H29ClN2O3. The van der Waals surface area contributed by atoms with Gasteiger partial charge in [0.2, 0.25) is 5.91 Å². The molecule has 37 heavy (non-hydrogen) atoms. The lowest BCUT2D eigenvalue weighted by Crippen LogP contribution is -2.41. The molecule has 1 N–H and O–H groups in total. The summed E-state index contributed by atoms with van der Waals surface area (Å²) in [6.07, 6.45) is 0.173. The molecular weight excluding hydrogens is 484 g/mol. The Morgan fingerprint density at radius 1 is 0.838 bits per heavy atom. The molecule has 0 aliphatic carbocycles. The number of hydrogen-bond donors (Lipinski definition) is 1. The van der Waals surface area contributed by atoms with E-state index in [1.165, 1.54) is 0 Å². The summed E-state index contributed by atoms with van der Waals surface area (Å²) in [5, 5.41) is 3.53.